The zero-order chi connectivity index (χ0) is 10.6. The van der Waals surface area contributed by atoms with Gasteiger partial charge in [0.2, 0.25) is 0 Å². The molecule has 78 valence electrons. The average molecular weight is 258 g/mol. The zero-order valence-electron chi connectivity index (χ0n) is 8.59. The second-order valence-corrected chi connectivity index (χ2v) is 4.29. The lowest BCUT2D eigenvalue weighted by atomic mass is 10.1. The number of nitrogens with two attached hydrogens (primary N) is 1. The van der Waals surface area contributed by atoms with E-state index in [1.54, 1.807) is 7.11 Å². The van der Waals surface area contributed by atoms with Crippen molar-refractivity contribution >= 4 is 15.9 Å². The Hall–Kier alpha value is -0.540. The molecule has 0 heterocycles. The minimum atomic E-state index is 0.229. The molecule has 0 aliphatic heterocycles. The van der Waals surface area contributed by atoms with Gasteiger partial charge in [-0.2, -0.15) is 0 Å². The van der Waals surface area contributed by atoms with Gasteiger partial charge in [-0.15, -0.1) is 0 Å². The van der Waals surface area contributed by atoms with Gasteiger partial charge in [-0.25, -0.2) is 0 Å². The van der Waals surface area contributed by atoms with Gasteiger partial charge in [0.25, 0.3) is 0 Å². The van der Waals surface area contributed by atoms with Crippen LogP contribution in [0.5, 0.6) is 5.75 Å². The van der Waals surface area contributed by atoms with Crippen LogP contribution in [0.4, 0.5) is 0 Å². The summed E-state index contributed by atoms with van der Waals surface area (Å²) in [4.78, 5) is 0. The molecule has 0 aliphatic rings. The maximum atomic E-state index is 5.73. The van der Waals surface area contributed by atoms with Crippen LogP contribution in [0.2, 0.25) is 0 Å². The summed E-state index contributed by atoms with van der Waals surface area (Å²) in [6.45, 7) is 2.02. The van der Waals surface area contributed by atoms with Gasteiger partial charge >= 0.3 is 0 Å². The van der Waals surface area contributed by atoms with Gasteiger partial charge in [0.15, 0.2) is 0 Å². The van der Waals surface area contributed by atoms with Crippen molar-refractivity contribution in [3.05, 3.63) is 28.2 Å². The molecule has 1 unspecified atom stereocenters. The lowest BCUT2D eigenvalue weighted by Crippen LogP contribution is -2.15. The van der Waals surface area contributed by atoms with Crippen molar-refractivity contribution in [3.63, 3.8) is 0 Å². The standard InChI is InChI=1S/C11H16BrNO/c1-8(13)6-7-9-10(12)4-3-5-11(9)14-2/h3-5,8H,6-7,13H2,1-2H3. The van der Waals surface area contributed by atoms with Crippen molar-refractivity contribution in [2.24, 2.45) is 5.73 Å². The molecule has 2 nitrogen and oxygen atoms in total. The number of halogens is 1. The summed E-state index contributed by atoms with van der Waals surface area (Å²) in [6.07, 6.45) is 1.92. The Balaban J connectivity index is 2.82. The highest BCUT2D eigenvalue weighted by atomic mass is 79.9. The van der Waals surface area contributed by atoms with Crippen molar-refractivity contribution in [1.29, 1.82) is 0 Å². The third-order valence-electron chi connectivity index (χ3n) is 2.15. The van der Waals surface area contributed by atoms with Gasteiger partial charge in [-0.3, -0.25) is 0 Å². The first-order valence-corrected chi connectivity index (χ1v) is 5.51. The molecule has 0 bridgehead atoms. The minimum Gasteiger partial charge on any atom is -0.496 e. The molecule has 1 rings (SSSR count). The monoisotopic (exact) mass is 257 g/mol. The third-order valence-corrected chi connectivity index (χ3v) is 2.89. The first-order valence-electron chi connectivity index (χ1n) is 4.72. The molecule has 14 heavy (non-hydrogen) atoms. The fourth-order valence-electron chi connectivity index (χ4n) is 1.34. The Morgan fingerprint density at radius 3 is 2.79 bits per heavy atom. The molecular weight excluding hydrogens is 242 g/mol. The Labute approximate surface area is 93.6 Å². The molecule has 3 heteroatoms. The van der Waals surface area contributed by atoms with E-state index >= 15 is 0 Å². The van der Waals surface area contributed by atoms with E-state index in [1.165, 1.54) is 5.56 Å². The van der Waals surface area contributed by atoms with Gasteiger partial charge in [0, 0.05) is 16.1 Å². The predicted molar refractivity (Wildman–Crippen MR) is 62.7 cm³/mol. The van der Waals surface area contributed by atoms with Crippen LogP contribution in [0.15, 0.2) is 22.7 Å². The lowest BCUT2D eigenvalue weighted by molar-refractivity contribution is 0.408. The predicted octanol–water partition coefficient (Wildman–Crippen LogP) is 2.74. The largest absolute Gasteiger partial charge is 0.496 e. The third kappa shape index (κ3) is 3.00. The Morgan fingerprint density at radius 2 is 2.21 bits per heavy atom. The molecule has 0 saturated carbocycles. The van der Waals surface area contributed by atoms with Crippen LogP contribution in [0.3, 0.4) is 0 Å². The van der Waals surface area contributed by atoms with E-state index in [0.717, 1.165) is 23.1 Å². The first-order chi connectivity index (χ1) is 6.65. The van der Waals surface area contributed by atoms with E-state index in [1.807, 2.05) is 25.1 Å². The number of ether oxygens (including phenoxy) is 1. The van der Waals surface area contributed by atoms with Crippen LogP contribution in [-0.4, -0.2) is 13.2 Å². The van der Waals surface area contributed by atoms with E-state index in [4.69, 9.17) is 10.5 Å². The number of hydrogen-bond donors (Lipinski definition) is 1. The molecule has 1 atom stereocenters. The SMILES string of the molecule is COc1cccc(Br)c1CCC(C)N. The lowest BCUT2D eigenvalue weighted by Gasteiger charge is -2.11. The number of rotatable bonds is 4. The highest BCUT2D eigenvalue weighted by Crippen LogP contribution is 2.27. The maximum absolute atomic E-state index is 5.73. The fraction of sp³-hybridized carbons (Fsp3) is 0.455. The van der Waals surface area contributed by atoms with E-state index in [2.05, 4.69) is 15.9 Å². The molecule has 1 aromatic carbocycles. The quantitative estimate of drug-likeness (QED) is 0.901. The first kappa shape index (κ1) is 11.5. The molecular formula is C11H16BrNO. The van der Waals surface area contributed by atoms with E-state index in [-0.39, 0.29) is 6.04 Å². The van der Waals surface area contributed by atoms with Crippen molar-refractivity contribution in [2.45, 2.75) is 25.8 Å². The average Bonchev–Trinajstić information content (AvgIpc) is 2.15. The minimum absolute atomic E-state index is 0.229. The Bertz CT molecular complexity index is 299. The van der Waals surface area contributed by atoms with E-state index < -0.39 is 0 Å². The smallest absolute Gasteiger partial charge is 0.123 e. The topological polar surface area (TPSA) is 35.2 Å². The summed E-state index contributed by atoms with van der Waals surface area (Å²) < 4.78 is 6.38. The van der Waals surface area contributed by atoms with Gasteiger partial charge in [-0.1, -0.05) is 22.0 Å². The van der Waals surface area contributed by atoms with Crippen molar-refractivity contribution in [1.82, 2.24) is 0 Å². The van der Waals surface area contributed by atoms with E-state index in [0.29, 0.717) is 0 Å². The number of hydrogen-bond acceptors (Lipinski definition) is 2. The maximum Gasteiger partial charge on any atom is 0.123 e. The highest BCUT2D eigenvalue weighted by molar-refractivity contribution is 9.10. The summed E-state index contributed by atoms with van der Waals surface area (Å²) in [5.74, 6) is 0.931. The molecule has 0 amide bonds. The molecule has 0 spiro atoms. The van der Waals surface area contributed by atoms with Gasteiger partial charge in [-0.05, 0) is 31.9 Å². The summed E-state index contributed by atoms with van der Waals surface area (Å²) >= 11 is 3.52. The van der Waals surface area contributed by atoms with Crippen LogP contribution < -0.4 is 10.5 Å². The van der Waals surface area contributed by atoms with Gasteiger partial charge < -0.3 is 10.5 Å². The van der Waals surface area contributed by atoms with Crippen LogP contribution in [0.1, 0.15) is 18.9 Å². The second kappa shape index (κ2) is 5.37. The molecule has 0 fully saturated rings. The number of methoxy groups -OCH3 is 1. The molecule has 0 aliphatic carbocycles. The van der Waals surface area contributed by atoms with Crippen molar-refractivity contribution < 1.29 is 4.74 Å². The van der Waals surface area contributed by atoms with Crippen LogP contribution in [0, 0.1) is 0 Å². The van der Waals surface area contributed by atoms with Crippen LogP contribution in [-0.2, 0) is 6.42 Å². The summed E-state index contributed by atoms with van der Waals surface area (Å²) in [5.41, 5.74) is 6.93. The number of benzene rings is 1. The van der Waals surface area contributed by atoms with Crippen LogP contribution in [0.25, 0.3) is 0 Å². The summed E-state index contributed by atoms with van der Waals surface area (Å²) in [5, 5.41) is 0. The normalized spacial score (nSPS) is 12.6. The van der Waals surface area contributed by atoms with Gasteiger partial charge in [0.05, 0.1) is 7.11 Å². The second-order valence-electron chi connectivity index (χ2n) is 3.44. The summed E-state index contributed by atoms with van der Waals surface area (Å²) in [7, 11) is 1.69. The Kier molecular flexibility index (Phi) is 4.42. The van der Waals surface area contributed by atoms with E-state index in [9.17, 15) is 0 Å². The van der Waals surface area contributed by atoms with Crippen molar-refractivity contribution in [2.75, 3.05) is 7.11 Å². The van der Waals surface area contributed by atoms with Crippen LogP contribution >= 0.6 is 15.9 Å². The molecule has 0 aromatic heterocycles. The molecule has 0 radical (unpaired) electrons. The Morgan fingerprint density at radius 1 is 1.50 bits per heavy atom. The fourth-order valence-corrected chi connectivity index (χ4v) is 1.89. The molecule has 2 N–H and O–H groups in total. The summed E-state index contributed by atoms with van der Waals surface area (Å²) in [6, 6.07) is 6.20. The zero-order valence-corrected chi connectivity index (χ0v) is 10.2. The highest BCUT2D eigenvalue weighted by Gasteiger charge is 2.07. The molecule has 0 saturated heterocycles. The van der Waals surface area contributed by atoms with Gasteiger partial charge in [0.1, 0.15) is 5.75 Å². The van der Waals surface area contributed by atoms with Crippen molar-refractivity contribution in [3.8, 4) is 5.75 Å². The molecule has 1 aromatic rings.